The summed E-state index contributed by atoms with van der Waals surface area (Å²) in [5.41, 5.74) is 0. The second-order valence-electron chi connectivity index (χ2n) is 1.34. The summed E-state index contributed by atoms with van der Waals surface area (Å²) in [6.45, 7) is 2.25. The summed E-state index contributed by atoms with van der Waals surface area (Å²) in [5, 5.41) is 7.88. The third-order valence-corrected chi connectivity index (χ3v) is 1.76. The van der Waals surface area contributed by atoms with Crippen molar-refractivity contribution in [2.24, 2.45) is 0 Å². The summed E-state index contributed by atoms with van der Waals surface area (Å²) in [7, 11) is -6.72. The molecule has 2 N–H and O–H groups in total. The minimum absolute atomic E-state index is 0. The molecule has 0 aromatic heterocycles. The van der Waals surface area contributed by atoms with Crippen molar-refractivity contribution >= 4 is 16.5 Å². The van der Waals surface area contributed by atoms with Gasteiger partial charge in [0.15, 0.2) is 0 Å². The van der Waals surface area contributed by atoms with E-state index in [4.69, 9.17) is 10.00 Å². The third kappa shape index (κ3) is 30.2. The van der Waals surface area contributed by atoms with Gasteiger partial charge >= 0.3 is 37.8 Å². The largest absolute Gasteiger partial charge is 1.00 e. The van der Waals surface area contributed by atoms with Crippen molar-refractivity contribution in [1.29, 1.82) is 0 Å². The van der Waals surface area contributed by atoms with Gasteiger partial charge in [-0.2, -0.15) is 0 Å². The van der Waals surface area contributed by atoms with Gasteiger partial charge in [0.1, 0.15) is 8.25 Å². The molecule has 0 radical (unpaired) electrons. The van der Waals surface area contributed by atoms with Crippen LogP contribution in [-0.4, -0.2) is 16.6 Å². The maximum Gasteiger partial charge on any atom is 1.00 e. The quantitative estimate of drug-likeness (QED) is 0.384. The first kappa shape index (κ1) is 19.0. The predicted molar refractivity (Wildman–Crippen MR) is 38.7 cm³/mol. The van der Waals surface area contributed by atoms with E-state index in [1.165, 1.54) is 0 Å². The van der Waals surface area contributed by atoms with Gasteiger partial charge in [-0.05, 0) is 6.42 Å². The minimum Gasteiger partial charge on any atom is -0.781 e. The maximum absolute atomic E-state index is 9.40. The Morgan fingerprint density at radius 1 is 1.50 bits per heavy atom. The van der Waals surface area contributed by atoms with Crippen LogP contribution in [0.1, 0.15) is 13.3 Å². The van der Waals surface area contributed by atoms with E-state index in [9.17, 15) is 14.0 Å². The van der Waals surface area contributed by atoms with Crippen LogP contribution in [0.3, 0.4) is 0 Å². The van der Waals surface area contributed by atoms with Gasteiger partial charge in [-0.25, -0.2) is 0 Å². The van der Waals surface area contributed by atoms with Crippen LogP contribution in [0, 0.1) is 0 Å². The number of rotatable bonds is 3. The van der Waals surface area contributed by atoms with E-state index in [1.807, 2.05) is 6.92 Å². The predicted octanol–water partition coefficient (Wildman–Crippen LogP) is -3.47. The Hall–Kier alpha value is 1.30. The molecule has 0 saturated heterocycles. The van der Waals surface area contributed by atoms with E-state index in [2.05, 4.69) is 4.31 Å². The molecule has 70 valence electrons. The molecule has 0 aromatic carbocycles. The average molecular weight is 228 g/mol. The fraction of sp³-hybridized carbons (Fsp3) is 1.00. The molecule has 12 heavy (non-hydrogen) atoms. The normalized spacial score (nSPS) is 13.3. The molecule has 0 heterocycles. The number of aliphatic hydroxyl groups excluding tert-OH is 1. The van der Waals surface area contributed by atoms with Gasteiger partial charge in [0, 0.05) is 6.61 Å². The molecular weight excluding hydrogens is 217 g/mol. The van der Waals surface area contributed by atoms with Crippen LogP contribution in [-0.2, 0) is 13.4 Å². The summed E-state index contributed by atoms with van der Waals surface area (Å²) in [6.07, 6.45) is 0.875. The first-order valence-corrected chi connectivity index (χ1v) is 5.26. The first-order valence-electron chi connectivity index (χ1n) is 2.77. The number of hydrogen-bond donors (Lipinski definition) is 2. The Labute approximate surface area is 94.1 Å². The minimum atomic E-state index is -3.45. The van der Waals surface area contributed by atoms with Gasteiger partial charge in [-0.3, -0.25) is 8.88 Å². The zero-order valence-corrected chi connectivity index (χ0v) is 10.9. The maximum atomic E-state index is 9.40. The van der Waals surface area contributed by atoms with E-state index in [0.717, 1.165) is 6.42 Å². The van der Waals surface area contributed by atoms with Crippen LogP contribution in [0.4, 0.5) is 0 Å². The number of hydrogen-bond acceptors (Lipinski definition) is 5. The average Bonchev–Trinajstić information content (AvgIpc) is 1.85. The Morgan fingerprint density at radius 3 is 1.83 bits per heavy atom. The molecule has 0 bridgehead atoms. The van der Waals surface area contributed by atoms with Crippen LogP contribution < -0.4 is 34.5 Å². The van der Waals surface area contributed by atoms with Crippen molar-refractivity contribution in [3.63, 3.8) is 0 Å². The monoisotopic (exact) mass is 228 g/mol. The van der Waals surface area contributed by atoms with Crippen molar-refractivity contribution in [2.45, 2.75) is 13.3 Å². The molecule has 9 heteroatoms. The molecular formula is C3H11NaO6P2. The molecule has 0 saturated carbocycles. The van der Waals surface area contributed by atoms with Crippen LogP contribution in [0.2, 0.25) is 0 Å². The van der Waals surface area contributed by atoms with Crippen LogP contribution in [0.25, 0.3) is 0 Å². The number of aliphatic hydroxyl groups is 1. The summed E-state index contributed by atoms with van der Waals surface area (Å²) >= 11 is 0. The van der Waals surface area contributed by atoms with Crippen molar-refractivity contribution < 1.29 is 57.9 Å². The van der Waals surface area contributed by atoms with E-state index < -0.39 is 16.5 Å². The summed E-state index contributed by atoms with van der Waals surface area (Å²) in [5.74, 6) is 0. The molecule has 6 nitrogen and oxygen atoms in total. The molecule has 0 rings (SSSR count). The van der Waals surface area contributed by atoms with Gasteiger partial charge in [0.25, 0.3) is 0 Å². The Kier molecular flexibility index (Phi) is 23.4. The standard InChI is InChI=1S/C3H8O.Na.H4O5P2/c1-2-3-4;;1-6(2)5-7(3)4/h4H,2-3H2,1H3;;6-7H,(H,1,2)(H,3,4)/q;+1;/p-1. The van der Waals surface area contributed by atoms with Crippen LogP contribution in [0.5, 0.6) is 0 Å². The molecule has 2 unspecified atom stereocenters. The van der Waals surface area contributed by atoms with E-state index in [-0.39, 0.29) is 29.6 Å². The summed E-state index contributed by atoms with van der Waals surface area (Å²) < 4.78 is 22.1. The molecule has 2 atom stereocenters. The zero-order valence-electron chi connectivity index (χ0n) is 6.94. The summed E-state index contributed by atoms with van der Waals surface area (Å²) in [4.78, 5) is 17.0. The molecule has 0 aliphatic rings. The first-order chi connectivity index (χ1) is 5.04. The van der Waals surface area contributed by atoms with Crippen molar-refractivity contribution in [3.05, 3.63) is 0 Å². The topological polar surface area (TPSA) is 107 Å². The Morgan fingerprint density at radius 2 is 1.83 bits per heavy atom. The summed E-state index contributed by atoms with van der Waals surface area (Å²) in [6, 6.07) is 0. The molecule has 0 spiro atoms. The molecule has 0 amide bonds. The van der Waals surface area contributed by atoms with E-state index in [0.29, 0.717) is 6.61 Å². The zero-order chi connectivity index (χ0) is 9.28. The van der Waals surface area contributed by atoms with Gasteiger partial charge < -0.3 is 19.5 Å². The molecule has 0 aromatic rings. The molecule has 0 aliphatic heterocycles. The fourth-order valence-electron chi connectivity index (χ4n) is 0.0713. The van der Waals surface area contributed by atoms with Gasteiger partial charge in [-0.1, -0.05) is 6.92 Å². The SMILES string of the molecule is CCCO.O=[PH]([O-])O[PH](=O)O.[Na+]. The van der Waals surface area contributed by atoms with E-state index in [1.54, 1.807) is 0 Å². The second-order valence-corrected chi connectivity index (χ2v) is 3.19. The smallest absolute Gasteiger partial charge is 0.781 e. The molecule has 0 fully saturated rings. The van der Waals surface area contributed by atoms with Gasteiger partial charge in [-0.15, -0.1) is 0 Å². The van der Waals surface area contributed by atoms with Crippen molar-refractivity contribution in [2.75, 3.05) is 6.61 Å². The van der Waals surface area contributed by atoms with Crippen LogP contribution >= 0.6 is 16.5 Å². The molecule has 0 aliphatic carbocycles. The Balaban J connectivity index is -0.000000142. The second kappa shape index (κ2) is 14.8. The van der Waals surface area contributed by atoms with Crippen molar-refractivity contribution in [1.82, 2.24) is 0 Å². The van der Waals surface area contributed by atoms with Gasteiger partial charge in [0.05, 0.1) is 0 Å². The Bertz CT molecular complexity index is 116. The van der Waals surface area contributed by atoms with Crippen molar-refractivity contribution in [3.8, 4) is 0 Å². The fourth-order valence-corrected chi connectivity index (χ4v) is 0.642. The van der Waals surface area contributed by atoms with E-state index >= 15 is 0 Å². The van der Waals surface area contributed by atoms with Crippen LogP contribution in [0.15, 0.2) is 0 Å². The van der Waals surface area contributed by atoms with Gasteiger partial charge in [0.2, 0.25) is 0 Å². The third-order valence-electron chi connectivity index (χ3n) is 0.394.